The van der Waals surface area contributed by atoms with Crippen LogP contribution in [0.5, 0.6) is 0 Å². The van der Waals surface area contributed by atoms with Crippen molar-refractivity contribution in [1.29, 1.82) is 0 Å². The van der Waals surface area contributed by atoms with Gasteiger partial charge in [0.15, 0.2) is 9.84 Å². The molecule has 20 heavy (non-hydrogen) atoms. The standard InChI is InChI=1S/C13H22N4O2S/c1-4-5-11-15-12(14-2)8-13(16-11)17(3)10-6-7-20(18,19)9-10/h8,10H,4-7,9H2,1-3H3,(H,14,15,16). The van der Waals surface area contributed by atoms with Gasteiger partial charge in [-0.3, -0.25) is 0 Å². The van der Waals surface area contributed by atoms with Crippen molar-refractivity contribution < 1.29 is 8.42 Å². The molecule has 1 aromatic rings. The van der Waals surface area contributed by atoms with Crippen LogP contribution in [0.2, 0.25) is 0 Å². The highest BCUT2D eigenvalue weighted by Gasteiger charge is 2.31. The molecule has 1 aliphatic heterocycles. The van der Waals surface area contributed by atoms with Crippen LogP contribution < -0.4 is 10.2 Å². The predicted molar refractivity (Wildman–Crippen MR) is 81.0 cm³/mol. The Balaban J connectivity index is 2.24. The molecule has 0 bridgehead atoms. The van der Waals surface area contributed by atoms with Gasteiger partial charge in [-0.25, -0.2) is 18.4 Å². The first-order valence-electron chi connectivity index (χ1n) is 6.94. The molecule has 1 aromatic heterocycles. The van der Waals surface area contributed by atoms with E-state index in [0.717, 1.165) is 30.3 Å². The van der Waals surface area contributed by atoms with E-state index in [0.29, 0.717) is 6.42 Å². The Morgan fingerprint density at radius 2 is 2.20 bits per heavy atom. The largest absolute Gasteiger partial charge is 0.373 e. The topological polar surface area (TPSA) is 75.2 Å². The van der Waals surface area contributed by atoms with Crippen molar-refractivity contribution in [3.63, 3.8) is 0 Å². The van der Waals surface area contributed by atoms with Gasteiger partial charge < -0.3 is 10.2 Å². The Morgan fingerprint density at radius 1 is 1.45 bits per heavy atom. The summed E-state index contributed by atoms with van der Waals surface area (Å²) in [5, 5.41) is 3.03. The van der Waals surface area contributed by atoms with E-state index < -0.39 is 9.84 Å². The van der Waals surface area contributed by atoms with E-state index in [1.54, 1.807) is 0 Å². The van der Waals surface area contributed by atoms with Crippen LogP contribution >= 0.6 is 0 Å². The minimum atomic E-state index is -2.89. The second-order valence-electron chi connectivity index (χ2n) is 5.20. The van der Waals surface area contributed by atoms with E-state index in [-0.39, 0.29) is 17.5 Å². The van der Waals surface area contributed by atoms with E-state index >= 15 is 0 Å². The molecule has 1 N–H and O–H groups in total. The van der Waals surface area contributed by atoms with Crippen molar-refractivity contribution in [2.24, 2.45) is 0 Å². The maximum absolute atomic E-state index is 11.6. The third kappa shape index (κ3) is 3.39. The van der Waals surface area contributed by atoms with Crippen LogP contribution in [0.15, 0.2) is 6.07 Å². The van der Waals surface area contributed by atoms with Crippen LogP contribution in [0.25, 0.3) is 0 Å². The molecule has 1 unspecified atom stereocenters. The second kappa shape index (κ2) is 5.95. The summed E-state index contributed by atoms with van der Waals surface area (Å²) >= 11 is 0. The van der Waals surface area contributed by atoms with Gasteiger partial charge in [-0.05, 0) is 12.8 Å². The summed E-state index contributed by atoms with van der Waals surface area (Å²) in [5.74, 6) is 2.84. The van der Waals surface area contributed by atoms with Gasteiger partial charge in [0, 0.05) is 32.6 Å². The van der Waals surface area contributed by atoms with Crippen LogP contribution in [0.3, 0.4) is 0 Å². The van der Waals surface area contributed by atoms with Gasteiger partial charge in [-0.15, -0.1) is 0 Å². The zero-order chi connectivity index (χ0) is 14.8. The molecule has 6 nitrogen and oxygen atoms in total. The molecule has 2 rings (SSSR count). The smallest absolute Gasteiger partial charge is 0.152 e. The van der Waals surface area contributed by atoms with Crippen molar-refractivity contribution in [2.75, 3.05) is 35.8 Å². The number of nitrogens with one attached hydrogen (secondary N) is 1. The lowest BCUT2D eigenvalue weighted by atomic mass is 10.2. The van der Waals surface area contributed by atoms with E-state index in [1.165, 1.54) is 0 Å². The molecule has 2 heterocycles. The van der Waals surface area contributed by atoms with Gasteiger partial charge in [0.05, 0.1) is 11.5 Å². The zero-order valence-corrected chi connectivity index (χ0v) is 13.1. The summed E-state index contributed by atoms with van der Waals surface area (Å²) < 4.78 is 23.2. The third-order valence-corrected chi connectivity index (χ3v) is 5.36. The van der Waals surface area contributed by atoms with Gasteiger partial charge in [-0.1, -0.05) is 6.92 Å². The average molecular weight is 298 g/mol. The van der Waals surface area contributed by atoms with Crippen molar-refractivity contribution in [2.45, 2.75) is 32.2 Å². The maximum atomic E-state index is 11.6. The fraction of sp³-hybridized carbons (Fsp3) is 0.692. The molecule has 0 radical (unpaired) electrons. The molecule has 0 saturated carbocycles. The molecular formula is C13H22N4O2S. The summed E-state index contributed by atoms with van der Waals surface area (Å²) in [7, 11) is 0.842. The first-order chi connectivity index (χ1) is 9.45. The van der Waals surface area contributed by atoms with Crippen LogP contribution in [0.1, 0.15) is 25.6 Å². The van der Waals surface area contributed by atoms with E-state index in [1.807, 2.05) is 25.1 Å². The highest BCUT2D eigenvalue weighted by molar-refractivity contribution is 7.91. The molecule has 1 atom stereocenters. The first kappa shape index (κ1) is 15.0. The van der Waals surface area contributed by atoms with E-state index in [9.17, 15) is 8.42 Å². The van der Waals surface area contributed by atoms with Gasteiger partial charge >= 0.3 is 0 Å². The monoisotopic (exact) mass is 298 g/mol. The average Bonchev–Trinajstić information content (AvgIpc) is 2.78. The number of aryl methyl sites for hydroxylation is 1. The van der Waals surface area contributed by atoms with Gasteiger partial charge in [0.25, 0.3) is 0 Å². The highest BCUT2D eigenvalue weighted by Crippen LogP contribution is 2.23. The highest BCUT2D eigenvalue weighted by atomic mass is 32.2. The van der Waals surface area contributed by atoms with Crippen LogP contribution in [-0.2, 0) is 16.3 Å². The molecule has 1 fully saturated rings. The molecule has 0 aliphatic carbocycles. The third-order valence-electron chi connectivity index (χ3n) is 3.61. The first-order valence-corrected chi connectivity index (χ1v) is 8.76. The van der Waals surface area contributed by atoms with Gasteiger partial charge in [-0.2, -0.15) is 0 Å². The van der Waals surface area contributed by atoms with E-state index in [2.05, 4.69) is 22.2 Å². The van der Waals surface area contributed by atoms with E-state index in [4.69, 9.17) is 0 Å². The Labute approximate surface area is 120 Å². The summed E-state index contributed by atoms with van der Waals surface area (Å²) in [4.78, 5) is 10.9. The number of nitrogens with zero attached hydrogens (tertiary/aromatic N) is 3. The SMILES string of the molecule is CCCc1nc(NC)cc(N(C)C2CCS(=O)(=O)C2)n1. The van der Waals surface area contributed by atoms with Gasteiger partial charge in [0.1, 0.15) is 17.5 Å². The number of anilines is 2. The molecule has 1 aliphatic rings. The second-order valence-corrected chi connectivity index (χ2v) is 7.42. The lowest BCUT2D eigenvalue weighted by molar-refractivity contribution is 0.600. The van der Waals surface area contributed by atoms with Crippen molar-refractivity contribution in [3.05, 3.63) is 11.9 Å². The molecule has 0 spiro atoms. The van der Waals surface area contributed by atoms with Crippen molar-refractivity contribution in [3.8, 4) is 0 Å². The minimum Gasteiger partial charge on any atom is -0.373 e. The predicted octanol–water partition coefficient (Wildman–Crippen LogP) is 1.09. The number of hydrogen-bond acceptors (Lipinski definition) is 6. The fourth-order valence-corrected chi connectivity index (χ4v) is 4.17. The Bertz CT molecular complexity index is 574. The summed E-state index contributed by atoms with van der Waals surface area (Å²) in [5.41, 5.74) is 0. The Hall–Kier alpha value is -1.37. The summed E-state index contributed by atoms with van der Waals surface area (Å²) in [6.07, 6.45) is 2.47. The molecule has 0 amide bonds. The normalized spacial score (nSPS) is 20.9. The molecule has 7 heteroatoms. The number of rotatable bonds is 5. The number of aromatic nitrogens is 2. The van der Waals surface area contributed by atoms with Gasteiger partial charge in [0.2, 0.25) is 0 Å². The lowest BCUT2D eigenvalue weighted by Gasteiger charge is -2.25. The molecular weight excluding hydrogens is 276 g/mol. The number of hydrogen-bond donors (Lipinski definition) is 1. The van der Waals surface area contributed by atoms with Crippen LogP contribution in [0.4, 0.5) is 11.6 Å². The Kier molecular flexibility index (Phi) is 4.47. The van der Waals surface area contributed by atoms with Crippen LogP contribution in [-0.4, -0.2) is 50.0 Å². The fourth-order valence-electron chi connectivity index (χ4n) is 2.40. The zero-order valence-electron chi connectivity index (χ0n) is 12.3. The van der Waals surface area contributed by atoms with Crippen molar-refractivity contribution >= 4 is 21.5 Å². The molecule has 0 aromatic carbocycles. The summed E-state index contributed by atoms with van der Waals surface area (Å²) in [6, 6.07) is 1.87. The number of sulfone groups is 1. The van der Waals surface area contributed by atoms with Crippen LogP contribution in [0, 0.1) is 0 Å². The maximum Gasteiger partial charge on any atom is 0.152 e. The minimum absolute atomic E-state index is 0.00841. The Morgan fingerprint density at radius 3 is 2.75 bits per heavy atom. The molecule has 1 saturated heterocycles. The summed E-state index contributed by atoms with van der Waals surface area (Å²) in [6.45, 7) is 2.09. The molecule has 112 valence electrons. The lowest BCUT2D eigenvalue weighted by Crippen LogP contribution is -2.33. The van der Waals surface area contributed by atoms with Crippen molar-refractivity contribution in [1.82, 2.24) is 9.97 Å². The quantitative estimate of drug-likeness (QED) is 0.877.